The highest BCUT2D eigenvalue weighted by atomic mass is 16.9. The van der Waals surface area contributed by atoms with Crippen molar-refractivity contribution in [1.82, 2.24) is 0 Å². The Bertz CT molecular complexity index is 3130. The van der Waals surface area contributed by atoms with Gasteiger partial charge in [0.1, 0.15) is 35.0 Å². The van der Waals surface area contributed by atoms with Gasteiger partial charge in [0.2, 0.25) is 0 Å². The third-order valence-corrected chi connectivity index (χ3v) is 19.3. The molecule has 0 amide bonds. The van der Waals surface area contributed by atoms with Gasteiger partial charge in [-0.05, 0) is 231 Å². The van der Waals surface area contributed by atoms with Crippen molar-refractivity contribution in [3.63, 3.8) is 0 Å². The van der Waals surface area contributed by atoms with E-state index in [2.05, 4.69) is 138 Å². The summed E-state index contributed by atoms with van der Waals surface area (Å²) < 4.78 is 25.6. The van der Waals surface area contributed by atoms with Gasteiger partial charge in [-0.15, -0.1) is 0 Å². The number of phenolic OH excluding ortho intramolecular Hbond substituents is 4. The van der Waals surface area contributed by atoms with Crippen LogP contribution in [-0.4, -0.2) is 56.9 Å². The smallest absolute Gasteiger partial charge is 0.432 e. The molecule has 0 fully saturated rings. The van der Waals surface area contributed by atoms with Gasteiger partial charge in [0, 0.05) is 47.9 Å². The van der Waals surface area contributed by atoms with Crippen LogP contribution in [0.25, 0.3) is 0 Å². The highest BCUT2D eigenvalue weighted by Crippen LogP contribution is 2.48. The van der Waals surface area contributed by atoms with E-state index < -0.39 is 63.5 Å². The topological polar surface area (TPSA) is 186 Å². The standard InChI is InChI=1S/C81H124O12/c1-48-52(5)68(86)60(76(21,22)43-72(9,10)11)39-56(48)31-35-64(82)90-47-80(29,30)81(91-65(83)36-32-57-40-61(69(87)53(6)49(57)2)77(23,24)44-73(12,13)14,92-66(84)37-33-58-41-62(70(88)54(7)50(58)3)78(25,26)45-74(15,16)17)93-67(85)38-34-59-42-63(71(89)55(8)51(59)4)79(27,28)46-75(18,19)20/h39-42,86-89H,31-38,43-47H2,1-30H3. The molecular formula is C81H124O12. The molecule has 0 heterocycles. The van der Waals surface area contributed by atoms with E-state index in [1.54, 1.807) is 13.8 Å². The molecule has 12 nitrogen and oxygen atoms in total. The lowest BCUT2D eigenvalue weighted by atomic mass is 9.71. The normalized spacial score (nSPS) is 13.3. The highest BCUT2D eigenvalue weighted by molar-refractivity contribution is 5.75. The second kappa shape index (κ2) is 28.7. The van der Waals surface area contributed by atoms with E-state index in [9.17, 15) is 25.2 Å². The van der Waals surface area contributed by atoms with E-state index in [1.807, 2.05) is 79.7 Å². The summed E-state index contributed by atoms with van der Waals surface area (Å²) in [6.45, 7) is 60.4. The largest absolute Gasteiger partial charge is 0.507 e. The summed E-state index contributed by atoms with van der Waals surface area (Å²) >= 11 is 0. The molecule has 4 N–H and O–H groups in total. The Hall–Kier alpha value is -6.04. The minimum absolute atomic E-state index is 0.0354. The zero-order valence-electron chi connectivity index (χ0n) is 63.6. The molecule has 0 saturated carbocycles. The summed E-state index contributed by atoms with van der Waals surface area (Å²) in [6.07, 6.45) is 2.89. The summed E-state index contributed by atoms with van der Waals surface area (Å²) in [4.78, 5) is 59.4. The van der Waals surface area contributed by atoms with Crippen molar-refractivity contribution >= 4 is 23.9 Å². The molecule has 4 aromatic carbocycles. The number of benzene rings is 4. The van der Waals surface area contributed by atoms with Crippen LogP contribution in [0.15, 0.2) is 24.3 Å². The molecule has 93 heavy (non-hydrogen) atoms. The monoisotopic (exact) mass is 1290 g/mol. The average molecular weight is 1290 g/mol. The Balaban J connectivity index is 1.92. The summed E-state index contributed by atoms with van der Waals surface area (Å²) in [5.74, 6) is -5.21. The molecular weight excluding hydrogens is 1160 g/mol. The van der Waals surface area contributed by atoms with Crippen molar-refractivity contribution in [2.45, 2.75) is 312 Å². The second-order valence-electron chi connectivity index (χ2n) is 35.7. The van der Waals surface area contributed by atoms with Crippen molar-refractivity contribution in [2.75, 3.05) is 6.61 Å². The highest BCUT2D eigenvalue weighted by Gasteiger charge is 2.58. The van der Waals surface area contributed by atoms with Gasteiger partial charge in [-0.3, -0.25) is 19.2 Å². The zero-order valence-corrected chi connectivity index (χ0v) is 63.6. The number of hydrogen-bond donors (Lipinski definition) is 4. The SMILES string of the molecule is Cc1c(CCC(=O)OCC(C)(C)C(OC(=O)CCc2cc(C(C)(C)CC(C)(C)C)c(O)c(C)c2C)(OC(=O)CCc2cc(C(C)(C)CC(C)(C)C)c(O)c(C)c2C)OC(=O)CCc2cc(C(C)(C)CC(C)(C)C)c(O)c(C)c2C)cc(C(C)(C)CC(C)(C)C)c(O)c1C. The lowest BCUT2D eigenvalue weighted by Gasteiger charge is -2.41. The quantitative estimate of drug-likeness (QED) is 0.0345. The number of carbonyl (C=O) groups excluding carboxylic acids is 4. The van der Waals surface area contributed by atoms with Crippen LogP contribution in [-0.2, 0) is 85.5 Å². The molecule has 0 atom stereocenters. The van der Waals surface area contributed by atoms with Gasteiger partial charge in [0.05, 0.1) is 0 Å². The molecule has 0 radical (unpaired) electrons. The van der Waals surface area contributed by atoms with Crippen LogP contribution >= 0.6 is 0 Å². The first kappa shape index (κ1) is 79.4. The predicted molar refractivity (Wildman–Crippen MR) is 378 cm³/mol. The summed E-state index contributed by atoms with van der Waals surface area (Å²) in [7, 11) is 0. The molecule has 520 valence electrons. The van der Waals surface area contributed by atoms with Gasteiger partial charge in [0.25, 0.3) is 0 Å². The number of hydrogen-bond acceptors (Lipinski definition) is 12. The molecule has 0 saturated heterocycles. The molecule has 0 spiro atoms. The van der Waals surface area contributed by atoms with Gasteiger partial charge in [0.15, 0.2) is 0 Å². The maximum Gasteiger partial charge on any atom is 0.432 e. The van der Waals surface area contributed by atoms with Crippen LogP contribution < -0.4 is 0 Å². The Labute approximate surface area is 562 Å². The fourth-order valence-electron chi connectivity index (χ4n) is 15.1. The molecule has 12 heteroatoms. The first-order valence-electron chi connectivity index (χ1n) is 34.0. The molecule has 4 rings (SSSR count). The van der Waals surface area contributed by atoms with Crippen LogP contribution in [0.3, 0.4) is 0 Å². The predicted octanol–water partition coefficient (Wildman–Crippen LogP) is 19.5. The first-order valence-corrected chi connectivity index (χ1v) is 34.0. The number of esters is 4. The van der Waals surface area contributed by atoms with Crippen LogP contribution in [0.1, 0.15) is 293 Å². The van der Waals surface area contributed by atoms with Crippen molar-refractivity contribution in [2.24, 2.45) is 27.1 Å². The Morgan fingerprint density at radius 3 is 0.699 bits per heavy atom. The first-order chi connectivity index (χ1) is 41.9. The van der Waals surface area contributed by atoms with Gasteiger partial charge >= 0.3 is 29.9 Å². The van der Waals surface area contributed by atoms with E-state index in [0.717, 1.165) is 98.0 Å². The number of aromatic hydroxyl groups is 4. The van der Waals surface area contributed by atoms with Gasteiger partial charge in [-0.2, -0.15) is 0 Å². The van der Waals surface area contributed by atoms with E-state index in [1.165, 1.54) is 0 Å². The average Bonchev–Trinajstić information content (AvgIpc) is 0.815. The zero-order chi connectivity index (χ0) is 71.7. The fraction of sp³-hybridized carbons (Fsp3) is 0.654. The van der Waals surface area contributed by atoms with E-state index in [0.29, 0.717) is 16.7 Å². The summed E-state index contributed by atoms with van der Waals surface area (Å²) in [5, 5.41) is 46.5. The molecule has 0 aliphatic heterocycles. The van der Waals surface area contributed by atoms with Crippen LogP contribution in [0.5, 0.6) is 23.0 Å². The van der Waals surface area contributed by atoms with E-state index in [-0.39, 0.29) is 96.0 Å². The molecule has 4 aromatic rings. The van der Waals surface area contributed by atoms with Gasteiger partial charge in [-0.1, -0.05) is 163 Å². The van der Waals surface area contributed by atoms with Crippen molar-refractivity contribution in [1.29, 1.82) is 0 Å². The van der Waals surface area contributed by atoms with Crippen LogP contribution in [0, 0.1) is 82.5 Å². The minimum Gasteiger partial charge on any atom is -0.507 e. The fourth-order valence-corrected chi connectivity index (χ4v) is 15.1. The maximum atomic E-state index is 15.1. The Morgan fingerprint density at radius 1 is 0.312 bits per heavy atom. The van der Waals surface area contributed by atoms with Gasteiger partial charge < -0.3 is 39.4 Å². The van der Waals surface area contributed by atoms with Crippen molar-refractivity contribution in [3.05, 3.63) is 113 Å². The molecule has 0 aliphatic carbocycles. The third kappa shape index (κ3) is 20.5. The Morgan fingerprint density at radius 2 is 0.505 bits per heavy atom. The van der Waals surface area contributed by atoms with Crippen molar-refractivity contribution in [3.8, 4) is 23.0 Å². The lowest BCUT2D eigenvalue weighted by Crippen LogP contribution is -2.57. The lowest BCUT2D eigenvalue weighted by molar-refractivity contribution is -0.377. The number of aryl methyl sites for hydroxylation is 4. The minimum atomic E-state index is -2.82. The molecule has 0 aliphatic rings. The number of ether oxygens (including phenoxy) is 4. The number of carbonyl (C=O) groups is 4. The van der Waals surface area contributed by atoms with Crippen molar-refractivity contribution < 1.29 is 58.6 Å². The van der Waals surface area contributed by atoms with E-state index >= 15 is 14.4 Å². The summed E-state index contributed by atoms with van der Waals surface area (Å²) in [5.41, 5.74) is 8.55. The second-order valence-corrected chi connectivity index (χ2v) is 35.7. The van der Waals surface area contributed by atoms with E-state index in [4.69, 9.17) is 18.9 Å². The van der Waals surface area contributed by atoms with Crippen LogP contribution in [0.4, 0.5) is 0 Å². The van der Waals surface area contributed by atoms with Gasteiger partial charge in [-0.25, -0.2) is 0 Å². The maximum absolute atomic E-state index is 15.1. The molecule has 0 aromatic heterocycles. The third-order valence-electron chi connectivity index (χ3n) is 19.3. The molecule has 0 bridgehead atoms. The van der Waals surface area contributed by atoms with Crippen LogP contribution in [0.2, 0.25) is 0 Å². The Kier molecular flexibility index (Phi) is 24.5. The molecule has 0 unspecified atom stereocenters. The summed E-state index contributed by atoms with van der Waals surface area (Å²) in [6, 6.07) is 7.84. The number of rotatable bonds is 26. The number of phenols is 4.